The van der Waals surface area contributed by atoms with Crippen LogP contribution in [0.1, 0.15) is 19.3 Å². The van der Waals surface area contributed by atoms with Crippen molar-refractivity contribution in [3.05, 3.63) is 12.2 Å². The van der Waals surface area contributed by atoms with Gasteiger partial charge in [0.1, 0.15) is 0 Å². The quantitative estimate of drug-likeness (QED) is 0.424. The van der Waals surface area contributed by atoms with Gasteiger partial charge >= 0.3 is 5.97 Å². The first-order chi connectivity index (χ1) is 6.29. The average molecular weight is 245 g/mol. The molecule has 1 fully saturated rings. The Kier molecular flexibility index (Phi) is 2.45. The minimum Gasteiger partial charge on any atom is -0.465 e. The molecule has 0 radical (unpaired) electrons. The SMILES string of the molecule is O=C1OCC2CC=CC[C@@]12CCBr. The van der Waals surface area contributed by atoms with E-state index in [1.54, 1.807) is 0 Å². The van der Waals surface area contributed by atoms with E-state index in [0.29, 0.717) is 12.5 Å². The molecule has 72 valence electrons. The highest BCUT2D eigenvalue weighted by atomic mass is 79.9. The zero-order valence-electron chi connectivity index (χ0n) is 7.46. The Hall–Kier alpha value is -0.310. The molecule has 0 N–H and O–H groups in total. The average Bonchev–Trinajstić information content (AvgIpc) is 2.46. The van der Waals surface area contributed by atoms with Gasteiger partial charge in [0.15, 0.2) is 0 Å². The second-order valence-corrected chi connectivity index (χ2v) is 4.59. The van der Waals surface area contributed by atoms with Crippen molar-refractivity contribution < 1.29 is 9.53 Å². The predicted molar refractivity (Wildman–Crippen MR) is 53.7 cm³/mol. The van der Waals surface area contributed by atoms with E-state index in [-0.39, 0.29) is 11.4 Å². The number of esters is 1. The molecule has 1 heterocycles. The molecular weight excluding hydrogens is 232 g/mol. The predicted octanol–water partition coefficient (Wildman–Crippen LogP) is 2.28. The third-order valence-corrected chi connectivity index (χ3v) is 3.61. The lowest BCUT2D eigenvalue weighted by Gasteiger charge is -2.31. The van der Waals surface area contributed by atoms with Gasteiger partial charge in [-0.3, -0.25) is 4.79 Å². The van der Waals surface area contributed by atoms with Crippen LogP contribution in [0.5, 0.6) is 0 Å². The number of alkyl halides is 1. The summed E-state index contributed by atoms with van der Waals surface area (Å²) in [6.07, 6.45) is 7.05. The van der Waals surface area contributed by atoms with Gasteiger partial charge < -0.3 is 4.74 Å². The summed E-state index contributed by atoms with van der Waals surface area (Å²) in [5.74, 6) is 0.434. The van der Waals surface area contributed by atoms with Gasteiger partial charge in [-0.1, -0.05) is 28.1 Å². The molecule has 0 aromatic heterocycles. The van der Waals surface area contributed by atoms with E-state index in [4.69, 9.17) is 4.74 Å². The monoisotopic (exact) mass is 244 g/mol. The van der Waals surface area contributed by atoms with E-state index in [1.807, 2.05) is 0 Å². The highest BCUT2D eigenvalue weighted by molar-refractivity contribution is 9.09. The molecule has 0 aromatic carbocycles. The Morgan fingerprint density at radius 3 is 3.23 bits per heavy atom. The third kappa shape index (κ3) is 1.33. The summed E-state index contributed by atoms with van der Waals surface area (Å²) < 4.78 is 5.16. The Morgan fingerprint density at radius 1 is 1.62 bits per heavy atom. The molecule has 1 saturated heterocycles. The molecule has 1 aliphatic heterocycles. The second kappa shape index (κ2) is 3.45. The fourth-order valence-electron chi connectivity index (χ4n) is 2.32. The van der Waals surface area contributed by atoms with Crippen molar-refractivity contribution in [1.29, 1.82) is 0 Å². The van der Waals surface area contributed by atoms with Crippen LogP contribution in [0, 0.1) is 11.3 Å². The molecule has 0 saturated carbocycles. The Morgan fingerprint density at radius 2 is 2.46 bits per heavy atom. The summed E-state index contributed by atoms with van der Waals surface area (Å²) in [6.45, 7) is 0.621. The third-order valence-electron chi connectivity index (χ3n) is 3.21. The molecule has 1 unspecified atom stereocenters. The van der Waals surface area contributed by atoms with E-state index in [0.717, 1.165) is 24.6 Å². The molecule has 2 atom stereocenters. The van der Waals surface area contributed by atoms with E-state index in [1.165, 1.54) is 0 Å². The van der Waals surface area contributed by atoms with Crippen molar-refractivity contribution in [2.24, 2.45) is 11.3 Å². The lowest BCUT2D eigenvalue weighted by atomic mass is 9.69. The molecule has 1 aliphatic carbocycles. The van der Waals surface area contributed by atoms with Crippen molar-refractivity contribution in [2.45, 2.75) is 19.3 Å². The Balaban J connectivity index is 2.26. The topological polar surface area (TPSA) is 26.3 Å². The van der Waals surface area contributed by atoms with Crippen LogP contribution in [-0.4, -0.2) is 17.9 Å². The number of hydrogen-bond donors (Lipinski definition) is 0. The number of rotatable bonds is 2. The summed E-state index contributed by atoms with van der Waals surface area (Å²) in [6, 6.07) is 0. The lowest BCUT2D eigenvalue weighted by Crippen LogP contribution is -2.34. The first-order valence-electron chi connectivity index (χ1n) is 4.68. The van der Waals surface area contributed by atoms with Gasteiger partial charge in [0.2, 0.25) is 0 Å². The molecule has 2 aliphatic rings. The van der Waals surface area contributed by atoms with Crippen molar-refractivity contribution in [3.63, 3.8) is 0 Å². The molecule has 13 heavy (non-hydrogen) atoms. The van der Waals surface area contributed by atoms with Gasteiger partial charge in [-0.2, -0.15) is 0 Å². The number of allylic oxidation sites excluding steroid dienone is 2. The van der Waals surface area contributed by atoms with E-state index >= 15 is 0 Å². The fourth-order valence-corrected chi connectivity index (χ4v) is 3.03. The van der Waals surface area contributed by atoms with Gasteiger partial charge in [0.05, 0.1) is 12.0 Å². The summed E-state index contributed by atoms with van der Waals surface area (Å²) in [5, 5.41) is 0.881. The summed E-state index contributed by atoms with van der Waals surface area (Å²) >= 11 is 3.41. The van der Waals surface area contributed by atoms with E-state index in [9.17, 15) is 4.79 Å². The molecule has 2 nitrogen and oxygen atoms in total. The first kappa shape index (κ1) is 9.25. The zero-order chi connectivity index (χ0) is 9.31. The van der Waals surface area contributed by atoms with Crippen LogP contribution in [0.4, 0.5) is 0 Å². The Bertz CT molecular complexity index is 249. The van der Waals surface area contributed by atoms with E-state index < -0.39 is 0 Å². The molecule has 0 bridgehead atoms. The normalized spacial score (nSPS) is 37.3. The van der Waals surface area contributed by atoms with Crippen LogP contribution in [0.25, 0.3) is 0 Å². The smallest absolute Gasteiger partial charge is 0.312 e. The van der Waals surface area contributed by atoms with Gasteiger partial charge in [-0.15, -0.1) is 0 Å². The second-order valence-electron chi connectivity index (χ2n) is 3.80. The number of carbonyl (C=O) groups is 1. The van der Waals surface area contributed by atoms with Crippen LogP contribution in [0.15, 0.2) is 12.2 Å². The summed E-state index contributed by atoms with van der Waals surface area (Å²) in [5.41, 5.74) is -0.196. The first-order valence-corrected chi connectivity index (χ1v) is 5.80. The summed E-state index contributed by atoms with van der Waals surface area (Å²) in [7, 11) is 0. The number of fused-ring (bicyclic) bond motifs is 1. The van der Waals surface area contributed by atoms with Gasteiger partial charge in [0, 0.05) is 11.2 Å². The fraction of sp³-hybridized carbons (Fsp3) is 0.700. The number of cyclic esters (lactones) is 1. The minimum absolute atomic E-state index is 0.0151. The van der Waals surface area contributed by atoms with Crippen LogP contribution in [-0.2, 0) is 9.53 Å². The van der Waals surface area contributed by atoms with E-state index in [2.05, 4.69) is 28.1 Å². The van der Waals surface area contributed by atoms with Crippen molar-refractivity contribution >= 4 is 21.9 Å². The highest BCUT2D eigenvalue weighted by Crippen LogP contribution is 2.46. The maximum Gasteiger partial charge on any atom is 0.312 e. The van der Waals surface area contributed by atoms with Crippen molar-refractivity contribution in [2.75, 3.05) is 11.9 Å². The van der Waals surface area contributed by atoms with Crippen LogP contribution >= 0.6 is 15.9 Å². The van der Waals surface area contributed by atoms with Gasteiger partial charge in [0.25, 0.3) is 0 Å². The highest BCUT2D eigenvalue weighted by Gasteiger charge is 2.51. The molecular formula is C10H13BrO2. The number of ether oxygens (including phenoxy) is 1. The van der Waals surface area contributed by atoms with Gasteiger partial charge in [-0.05, 0) is 19.3 Å². The molecule has 0 amide bonds. The Labute approximate surface area is 86.5 Å². The van der Waals surface area contributed by atoms with Crippen LogP contribution in [0.2, 0.25) is 0 Å². The zero-order valence-corrected chi connectivity index (χ0v) is 9.05. The van der Waals surface area contributed by atoms with Crippen molar-refractivity contribution in [3.8, 4) is 0 Å². The number of hydrogen-bond acceptors (Lipinski definition) is 2. The standard InChI is InChI=1S/C10H13BrO2/c11-6-5-10-4-2-1-3-8(10)7-13-9(10)12/h1-2,8H,3-7H2/t8?,10-/m0/s1. The largest absolute Gasteiger partial charge is 0.465 e. The molecule has 3 heteroatoms. The maximum absolute atomic E-state index is 11.6. The van der Waals surface area contributed by atoms with Crippen molar-refractivity contribution in [1.82, 2.24) is 0 Å². The summed E-state index contributed by atoms with van der Waals surface area (Å²) in [4.78, 5) is 11.6. The lowest BCUT2D eigenvalue weighted by molar-refractivity contribution is -0.146. The molecule has 2 rings (SSSR count). The van der Waals surface area contributed by atoms with Gasteiger partial charge in [-0.25, -0.2) is 0 Å². The number of carbonyl (C=O) groups excluding carboxylic acids is 1. The number of halogens is 1. The molecule has 0 aromatic rings. The minimum atomic E-state index is -0.196. The van der Waals surface area contributed by atoms with Crippen LogP contribution < -0.4 is 0 Å². The maximum atomic E-state index is 11.6. The molecule has 0 spiro atoms. The van der Waals surface area contributed by atoms with Crippen LogP contribution in [0.3, 0.4) is 0 Å².